The van der Waals surface area contributed by atoms with Gasteiger partial charge < -0.3 is 15.5 Å². The summed E-state index contributed by atoms with van der Waals surface area (Å²) >= 11 is 0. The predicted octanol–water partition coefficient (Wildman–Crippen LogP) is 1.11. The van der Waals surface area contributed by atoms with Crippen LogP contribution in [0.2, 0.25) is 0 Å². The van der Waals surface area contributed by atoms with Gasteiger partial charge in [-0.15, -0.1) is 0 Å². The van der Waals surface area contributed by atoms with E-state index in [2.05, 4.69) is 22.5 Å². The van der Waals surface area contributed by atoms with Crippen LogP contribution in [0.25, 0.3) is 0 Å². The van der Waals surface area contributed by atoms with Crippen LogP contribution in [-0.4, -0.2) is 60.0 Å². The second kappa shape index (κ2) is 5.96. The Labute approximate surface area is 130 Å². The van der Waals surface area contributed by atoms with Gasteiger partial charge in [-0.05, 0) is 25.1 Å². The largest absolute Gasteiger partial charge is 0.353 e. The van der Waals surface area contributed by atoms with E-state index in [1.807, 2.05) is 35.2 Å². The minimum Gasteiger partial charge on any atom is -0.353 e. The Balaban J connectivity index is 1.66. The van der Waals surface area contributed by atoms with Crippen molar-refractivity contribution >= 4 is 17.6 Å². The molecule has 2 fully saturated rings. The molecule has 0 radical (unpaired) electrons. The van der Waals surface area contributed by atoms with Crippen LogP contribution in [0.3, 0.4) is 0 Å². The number of carbonyl (C=O) groups excluding carboxylic acids is 2. The first-order valence-electron chi connectivity index (χ1n) is 7.76. The van der Waals surface area contributed by atoms with Gasteiger partial charge in [0.2, 0.25) is 5.91 Å². The standard InChI is InChI=1S/C16H22N4O2/c1-2-20-10-14(21)17-11-16(20)8-9-19(12-16)15(22)18-13-6-4-3-5-7-13/h3-7H,2,8-12H2,1H3,(H,17,21)(H,18,22). The highest BCUT2D eigenvalue weighted by Gasteiger charge is 2.46. The van der Waals surface area contributed by atoms with Gasteiger partial charge in [-0.25, -0.2) is 4.79 Å². The molecule has 1 atom stereocenters. The molecule has 6 heteroatoms. The third-order valence-corrected chi connectivity index (χ3v) is 4.65. The van der Waals surface area contributed by atoms with Crippen LogP contribution in [0, 0.1) is 0 Å². The van der Waals surface area contributed by atoms with Gasteiger partial charge in [0.15, 0.2) is 0 Å². The molecule has 0 saturated carbocycles. The maximum atomic E-state index is 12.4. The van der Waals surface area contributed by atoms with E-state index >= 15 is 0 Å². The molecule has 1 unspecified atom stereocenters. The number of para-hydroxylation sites is 1. The van der Waals surface area contributed by atoms with Crippen molar-refractivity contribution in [3.63, 3.8) is 0 Å². The van der Waals surface area contributed by atoms with Crippen LogP contribution in [0.1, 0.15) is 13.3 Å². The molecular weight excluding hydrogens is 280 g/mol. The number of benzene rings is 1. The number of urea groups is 1. The van der Waals surface area contributed by atoms with Gasteiger partial charge in [0, 0.05) is 25.3 Å². The SMILES string of the molecule is CCN1CC(=O)NCC12CCN(C(=O)Nc1ccccc1)C2. The van der Waals surface area contributed by atoms with Gasteiger partial charge in [0.1, 0.15) is 0 Å². The van der Waals surface area contributed by atoms with Crippen LogP contribution < -0.4 is 10.6 Å². The molecule has 2 saturated heterocycles. The first-order valence-corrected chi connectivity index (χ1v) is 7.76. The van der Waals surface area contributed by atoms with Gasteiger partial charge in [0.05, 0.1) is 12.1 Å². The third kappa shape index (κ3) is 2.78. The molecule has 118 valence electrons. The molecule has 0 aliphatic carbocycles. The van der Waals surface area contributed by atoms with Crippen molar-refractivity contribution in [3.05, 3.63) is 30.3 Å². The smallest absolute Gasteiger partial charge is 0.321 e. The summed E-state index contributed by atoms with van der Waals surface area (Å²) in [5.41, 5.74) is 0.689. The van der Waals surface area contributed by atoms with E-state index in [4.69, 9.17) is 0 Å². The zero-order valence-electron chi connectivity index (χ0n) is 12.8. The molecule has 2 N–H and O–H groups in total. The first-order chi connectivity index (χ1) is 10.6. The molecule has 2 aliphatic rings. The van der Waals surface area contributed by atoms with E-state index in [0.29, 0.717) is 26.2 Å². The van der Waals surface area contributed by atoms with E-state index in [1.54, 1.807) is 0 Å². The number of hydrogen-bond acceptors (Lipinski definition) is 3. The molecule has 1 spiro atoms. The number of nitrogens with one attached hydrogen (secondary N) is 2. The molecule has 3 amide bonds. The molecule has 1 aromatic rings. The van der Waals surface area contributed by atoms with E-state index in [0.717, 1.165) is 18.7 Å². The average molecular weight is 302 g/mol. The molecule has 0 bridgehead atoms. The molecule has 22 heavy (non-hydrogen) atoms. The number of rotatable bonds is 2. The first kappa shape index (κ1) is 14.8. The van der Waals surface area contributed by atoms with Crippen molar-refractivity contribution in [1.29, 1.82) is 0 Å². The van der Waals surface area contributed by atoms with Crippen molar-refractivity contribution in [3.8, 4) is 0 Å². The lowest BCUT2D eigenvalue weighted by atomic mass is 9.93. The molecule has 6 nitrogen and oxygen atoms in total. The van der Waals surface area contributed by atoms with Crippen molar-refractivity contribution in [2.45, 2.75) is 18.9 Å². The summed E-state index contributed by atoms with van der Waals surface area (Å²) in [4.78, 5) is 28.0. The summed E-state index contributed by atoms with van der Waals surface area (Å²) in [5.74, 6) is 0.0691. The number of nitrogens with zero attached hydrogens (tertiary/aromatic N) is 2. The van der Waals surface area contributed by atoms with Gasteiger partial charge in [-0.3, -0.25) is 9.69 Å². The quantitative estimate of drug-likeness (QED) is 0.860. The normalized spacial score (nSPS) is 25.3. The van der Waals surface area contributed by atoms with Crippen molar-refractivity contribution < 1.29 is 9.59 Å². The molecular formula is C16H22N4O2. The molecule has 2 aliphatic heterocycles. The average Bonchev–Trinajstić information content (AvgIpc) is 2.96. The van der Waals surface area contributed by atoms with Crippen LogP contribution in [0.5, 0.6) is 0 Å². The Morgan fingerprint density at radius 3 is 2.86 bits per heavy atom. The van der Waals surface area contributed by atoms with Crippen LogP contribution in [0.4, 0.5) is 10.5 Å². The topological polar surface area (TPSA) is 64.7 Å². The van der Waals surface area contributed by atoms with E-state index in [1.165, 1.54) is 0 Å². The minimum atomic E-state index is -0.114. The summed E-state index contributed by atoms with van der Waals surface area (Å²) in [7, 11) is 0. The van der Waals surface area contributed by atoms with Crippen LogP contribution in [0.15, 0.2) is 30.3 Å². The summed E-state index contributed by atoms with van der Waals surface area (Å²) in [6.07, 6.45) is 0.892. The summed E-state index contributed by atoms with van der Waals surface area (Å²) in [6.45, 7) is 5.29. The number of likely N-dealkylation sites (tertiary alicyclic amines) is 1. The molecule has 1 aromatic carbocycles. The summed E-state index contributed by atoms with van der Waals surface area (Å²) in [5, 5.41) is 5.88. The Bertz CT molecular complexity index is 563. The monoisotopic (exact) mass is 302 g/mol. The number of piperazine rings is 1. The lowest BCUT2D eigenvalue weighted by molar-refractivity contribution is -0.128. The highest BCUT2D eigenvalue weighted by molar-refractivity contribution is 5.89. The predicted molar refractivity (Wildman–Crippen MR) is 84.6 cm³/mol. The van der Waals surface area contributed by atoms with Gasteiger partial charge in [0.25, 0.3) is 0 Å². The Hall–Kier alpha value is -2.08. The lowest BCUT2D eigenvalue weighted by Gasteiger charge is -2.43. The fourth-order valence-electron chi connectivity index (χ4n) is 3.38. The second-order valence-electron chi connectivity index (χ2n) is 5.98. The summed E-state index contributed by atoms with van der Waals surface area (Å²) in [6, 6.07) is 9.40. The van der Waals surface area contributed by atoms with Gasteiger partial charge in [-0.2, -0.15) is 0 Å². The zero-order chi connectivity index (χ0) is 15.6. The number of anilines is 1. The van der Waals surface area contributed by atoms with E-state index in [9.17, 15) is 9.59 Å². The Kier molecular flexibility index (Phi) is 4.02. The lowest BCUT2D eigenvalue weighted by Crippen LogP contribution is -2.64. The maximum absolute atomic E-state index is 12.4. The number of amides is 3. The number of hydrogen-bond donors (Lipinski definition) is 2. The fourth-order valence-corrected chi connectivity index (χ4v) is 3.38. The van der Waals surface area contributed by atoms with Crippen molar-refractivity contribution in [2.24, 2.45) is 0 Å². The summed E-state index contributed by atoms with van der Waals surface area (Å²) < 4.78 is 0. The number of carbonyl (C=O) groups is 2. The highest BCUT2D eigenvalue weighted by atomic mass is 16.2. The molecule has 0 aromatic heterocycles. The number of likely N-dealkylation sites (N-methyl/N-ethyl adjacent to an activating group) is 1. The maximum Gasteiger partial charge on any atom is 0.321 e. The van der Waals surface area contributed by atoms with Gasteiger partial charge in [-0.1, -0.05) is 25.1 Å². The van der Waals surface area contributed by atoms with E-state index in [-0.39, 0.29) is 17.5 Å². The van der Waals surface area contributed by atoms with Crippen molar-refractivity contribution in [1.82, 2.24) is 15.1 Å². The Morgan fingerprint density at radius 2 is 2.14 bits per heavy atom. The van der Waals surface area contributed by atoms with Gasteiger partial charge >= 0.3 is 6.03 Å². The van der Waals surface area contributed by atoms with E-state index < -0.39 is 0 Å². The highest BCUT2D eigenvalue weighted by Crippen LogP contribution is 2.29. The third-order valence-electron chi connectivity index (χ3n) is 4.65. The molecule has 3 rings (SSSR count). The fraction of sp³-hybridized carbons (Fsp3) is 0.500. The van der Waals surface area contributed by atoms with Crippen LogP contribution >= 0.6 is 0 Å². The Morgan fingerprint density at radius 1 is 1.36 bits per heavy atom. The molecule has 2 heterocycles. The van der Waals surface area contributed by atoms with Crippen molar-refractivity contribution in [2.75, 3.05) is 38.0 Å². The van der Waals surface area contributed by atoms with Crippen LogP contribution in [-0.2, 0) is 4.79 Å². The zero-order valence-corrected chi connectivity index (χ0v) is 12.8. The minimum absolute atomic E-state index is 0.0691. The second-order valence-corrected chi connectivity index (χ2v) is 5.98.